The van der Waals surface area contributed by atoms with E-state index in [0.29, 0.717) is 12.4 Å². The summed E-state index contributed by atoms with van der Waals surface area (Å²) in [5.74, 6) is 1.21. The van der Waals surface area contributed by atoms with Gasteiger partial charge in [-0.05, 0) is 40.5 Å². The number of nitrogens with zero attached hydrogens (tertiary/aromatic N) is 2. The van der Waals surface area contributed by atoms with E-state index < -0.39 is 0 Å². The van der Waals surface area contributed by atoms with Crippen LogP contribution in [0.3, 0.4) is 0 Å². The molecule has 1 heterocycles. The van der Waals surface area contributed by atoms with Gasteiger partial charge < -0.3 is 5.32 Å². The van der Waals surface area contributed by atoms with Crippen LogP contribution < -0.4 is 5.32 Å². The van der Waals surface area contributed by atoms with Gasteiger partial charge in [-0.1, -0.05) is 12.1 Å². The third kappa shape index (κ3) is 3.49. The molecular formula is C12H11BrFN3. The van der Waals surface area contributed by atoms with Gasteiger partial charge in [0.1, 0.15) is 22.1 Å². The molecule has 0 radical (unpaired) electrons. The van der Waals surface area contributed by atoms with Crippen LogP contribution in [0.4, 0.5) is 10.2 Å². The Morgan fingerprint density at radius 2 is 1.94 bits per heavy atom. The molecule has 0 aliphatic carbocycles. The summed E-state index contributed by atoms with van der Waals surface area (Å²) in [6.45, 7) is 2.43. The molecule has 3 nitrogen and oxygen atoms in total. The first-order valence-electron chi connectivity index (χ1n) is 5.13. The van der Waals surface area contributed by atoms with Gasteiger partial charge in [0.2, 0.25) is 0 Å². The van der Waals surface area contributed by atoms with E-state index in [1.807, 2.05) is 6.92 Å². The van der Waals surface area contributed by atoms with Crippen LogP contribution in [0.5, 0.6) is 0 Å². The van der Waals surface area contributed by atoms with Crippen molar-refractivity contribution in [3.8, 4) is 0 Å². The molecule has 2 aromatic rings. The van der Waals surface area contributed by atoms with Gasteiger partial charge in [0.05, 0.1) is 0 Å². The second kappa shape index (κ2) is 5.23. The highest BCUT2D eigenvalue weighted by molar-refractivity contribution is 9.10. The van der Waals surface area contributed by atoms with Crippen LogP contribution in [0, 0.1) is 12.7 Å². The van der Waals surface area contributed by atoms with Gasteiger partial charge >= 0.3 is 0 Å². The SMILES string of the molecule is Cc1nc(Br)cc(NCc2ccc(F)cc2)n1. The number of benzene rings is 1. The summed E-state index contributed by atoms with van der Waals surface area (Å²) in [6.07, 6.45) is 0. The molecule has 1 aromatic carbocycles. The van der Waals surface area contributed by atoms with Crippen molar-refractivity contribution in [1.82, 2.24) is 9.97 Å². The van der Waals surface area contributed by atoms with Gasteiger partial charge in [-0.25, -0.2) is 14.4 Å². The number of aryl methyl sites for hydroxylation is 1. The molecule has 0 amide bonds. The minimum absolute atomic E-state index is 0.227. The Bertz CT molecular complexity index is 493. The third-order valence-corrected chi connectivity index (χ3v) is 2.60. The quantitative estimate of drug-likeness (QED) is 0.883. The zero-order chi connectivity index (χ0) is 12.3. The molecule has 0 unspecified atom stereocenters. The minimum Gasteiger partial charge on any atom is -0.366 e. The third-order valence-electron chi connectivity index (χ3n) is 2.19. The summed E-state index contributed by atoms with van der Waals surface area (Å²) in [4.78, 5) is 8.36. The van der Waals surface area contributed by atoms with Crippen LogP contribution in [-0.4, -0.2) is 9.97 Å². The van der Waals surface area contributed by atoms with Crippen molar-refractivity contribution in [2.24, 2.45) is 0 Å². The van der Waals surface area contributed by atoms with Gasteiger partial charge in [-0.2, -0.15) is 0 Å². The highest BCUT2D eigenvalue weighted by Crippen LogP contribution is 2.13. The van der Waals surface area contributed by atoms with E-state index in [4.69, 9.17) is 0 Å². The molecule has 2 rings (SSSR count). The standard InChI is InChI=1S/C12H11BrFN3/c1-8-16-11(13)6-12(17-8)15-7-9-2-4-10(14)5-3-9/h2-6H,7H2,1H3,(H,15,16,17). The van der Waals surface area contributed by atoms with Crippen molar-refractivity contribution in [3.05, 3.63) is 52.1 Å². The van der Waals surface area contributed by atoms with Crippen LogP contribution in [0.1, 0.15) is 11.4 Å². The molecule has 5 heteroatoms. The van der Waals surface area contributed by atoms with Crippen molar-refractivity contribution in [2.45, 2.75) is 13.5 Å². The number of halogens is 2. The monoisotopic (exact) mass is 295 g/mol. The molecule has 88 valence electrons. The normalized spacial score (nSPS) is 10.3. The number of hydrogen-bond acceptors (Lipinski definition) is 3. The first-order chi connectivity index (χ1) is 8.13. The zero-order valence-electron chi connectivity index (χ0n) is 9.24. The maximum absolute atomic E-state index is 12.7. The van der Waals surface area contributed by atoms with Crippen LogP contribution in [0.15, 0.2) is 34.9 Å². The van der Waals surface area contributed by atoms with Crippen LogP contribution >= 0.6 is 15.9 Å². The Balaban J connectivity index is 2.04. The van der Waals surface area contributed by atoms with Crippen molar-refractivity contribution in [1.29, 1.82) is 0 Å². The lowest BCUT2D eigenvalue weighted by Crippen LogP contribution is -2.03. The molecule has 17 heavy (non-hydrogen) atoms. The molecule has 0 aliphatic heterocycles. The molecule has 0 atom stereocenters. The van der Waals surface area contributed by atoms with E-state index >= 15 is 0 Å². The van der Waals surface area contributed by atoms with Crippen LogP contribution in [-0.2, 0) is 6.54 Å². The lowest BCUT2D eigenvalue weighted by Gasteiger charge is -2.06. The highest BCUT2D eigenvalue weighted by Gasteiger charge is 1.99. The fraction of sp³-hybridized carbons (Fsp3) is 0.167. The first-order valence-corrected chi connectivity index (χ1v) is 5.92. The number of anilines is 1. The maximum Gasteiger partial charge on any atom is 0.131 e. The van der Waals surface area contributed by atoms with E-state index in [1.54, 1.807) is 18.2 Å². The first kappa shape index (κ1) is 12.0. The summed E-state index contributed by atoms with van der Waals surface area (Å²) in [5, 5.41) is 3.16. The van der Waals surface area contributed by atoms with Crippen LogP contribution in [0.25, 0.3) is 0 Å². The Morgan fingerprint density at radius 1 is 1.24 bits per heavy atom. The topological polar surface area (TPSA) is 37.8 Å². The van der Waals surface area contributed by atoms with Crippen molar-refractivity contribution in [2.75, 3.05) is 5.32 Å². The second-order valence-electron chi connectivity index (χ2n) is 3.60. The fourth-order valence-electron chi connectivity index (χ4n) is 1.42. The Kier molecular flexibility index (Phi) is 3.68. The molecule has 0 fully saturated rings. The molecule has 0 bridgehead atoms. The molecule has 1 N–H and O–H groups in total. The van der Waals surface area contributed by atoms with E-state index in [0.717, 1.165) is 16.0 Å². The van der Waals surface area contributed by atoms with Crippen molar-refractivity contribution < 1.29 is 4.39 Å². The lowest BCUT2D eigenvalue weighted by molar-refractivity contribution is 0.627. The Labute approximate surface area is 107 Å². The Morgan fingerprint density at radius 3 is 2.59 bits per heavy atom. The van der Waals surface area contributed by atoms with E-state index in [1.165, 1.54) is 12.1 Å². The predicted molar refractivity (Wildman–Crippen MR) is 68.2 cm³/mol. The highest BCUT2D eigenvalue weighted by atomic mass is 79.9. The van der Waals surface area contributed by atoms with Crippen molar-refractivity contribution in [3.63, 3.8) is 0 Å². The predicted octanol–water partition coefficient (Wildman–Crippen LogP) is 3.30. The molecule has 0 spiro atoms. The molecule has 0 aliphatic rings. The summed E-state index contributed by atoms with van der Waals surface area (Å²) >= 11 is 3.31. The van der Waals surface area contributed by atoms with E-state index in [2.05, 4.69) is 31.2 Å². The minimum atomic E-state index is -0.227. The zero-order valence-corrected chi connectivity index (χ0v) is 10.8. The second-order valence-corrected chi connectivity index (χ2v) is 4.42. The molecule has 0 saturated carbocycles. The fourth-order valence-corrected chi connectivity index (χ4v) is 1.89. The average molecular weight is 296 g/mol. The summed E-state index contributed by atoms with van der Waals surface area (Å²) in [7, 11) is 0. The smallest absolute Gasteiger partial charge is 0.131 e. The number of rotatable bonds is 3. The molecular weight excluding hydrogens is 285 g/mol. The lowest BCUT2D eigenvalue weighted by atomic mass is 10.2. The Hall–Kier alpha value is -1.49. The summed E-state index contributed by atoms with van der Waals surface area (Å²) in [5.41, 5.74) is 0.999. The number of nitrogens with one attached hydrogen (secondary N) is 1. The van der Waals surface area contributed by atoms with E-state index in [-0.39, 0.29) is 5.82 Å². The van der Waals surface area contributed by atoms with Gasteiger partial charge in [0.15, 0.2) is 0 Å². The van der Waals surface area contributed by atoms with Gasteiger partial charge in [0, 0.05) is 12.6 Å². The molecule has 1 aromatic heterocycles. The van der Waals surface area contributed by atoms with Gasteiger partial charge in [-0.15, -0.1) is 0 Å². The largest absolute Gasteiger partial charge is 0.366 e. The number of aromatic nitrogens is 2. The summed E-state index contributed by atoms with van der Waals surface area (Å²) < 4.78 is 13.5. The van der Waals surface area contributed by atoms with Crippen LogP contribution in [0.2, 0.25) is 0 Å². The molecule has 0 saturated heterocycles. The van der Waals surface area contributed by atoms with E-state index in [9.17, 15) is 4.39 Å². The maximum atomic E-state index is 12.7. The summed E-state index contributed by atoms with van der Waals surface area (Å²) in [6, 6.07) is 8.17. The van der Waals surface area contributed by atoms with Crippen molar-refractivity contribution >= 4 is 21.7 Å². The number of hydrogen-bond donors (Lipinski definition) is 1. The average Bonchev–Trinajstić information content (AvgIpc) is 2.27. The van der Waals surface area contributed by atoms with Gasteiger partial charge in [-0.3, -0.25) is 0 Å². The van der Waals surface area contributed by atoms with Gasteiger partial charge in [0.25, 0.3) is 0 Å².